The SMILES string of the molecule is CCc1cnc(OC2CCCN(C(=O)/C=C/c3cc(F)ccc3F)C2)nc1. The molecule has 1 amide bonds. The second-order valence-electron chi connectivity index (χ2n) is 6.39. The monoisotopic (exact) mass is 373 g/mol. The molecule has 1 unspecified atom stereocenters. The molecule has 0 aliphatic carbocycles. The van der Waals surface area contributed by atoms with Crippen molar-refractivity contribution in [1.29, 1.82) is 0 Å². The number of amides is 1. The van der Waals surface area contributed by atoms with Gasteiger partial charge in [-0.15, -0.1) is 0 Å². The largest absolute Gasteiger partial charge is 0.458 e. The third-order valence-corrected chi connectivity index (χ3v) is 4.42. The fourth-order valence-corrected chi connectivity index (χ4v) is 2.88. The van der Waals surface area contributed by atoms with Gasteiger partial charge in [-0.1, -0.05) is 6.92 Å². The van der Waals surface area contributed by atoms with Gasteiger partial charge in [-0.05, 0) is 49.1 Å². The van der Waals surface area contributed by atoms with Gasteiger partial charge in [0.05, 0.1) is 6.54 Å². The van der Waals surface area contributed by atoms with E-state index in [1.165, 1.54) is 12.2 Å². The highest BCUT2D eigenvalue weighted by atomic mass is 19.1. The summed E-state index contributed by atoms with van der Waals surface area (Å²) in [6.07, 6.45) is 8.23. The molecule has 0 N–H and O–H groups in total. The minimum atomic E-state index is -0.576. The number of aryl methyl sites for hydroxylation is 1. The van der Waals surface area contributed by atoms with Crippen molar-refractivity contribution in [3.63, 3.8) is 0 Å². The Morgan fingerprint density at radius 1 is 1.33 bits per heavy atom. The van der Waals surface area contributed by atoms with Gasteiger partial charge in [0, 0.05) is 30.6 Å². The second kappa shape index (κ2) is 8.70. The van der Waals surface area contributed by atoms with Crippen LogP contribution in [0.3, 0.4) is 0 Å². The molecular formula is C20H21F2N3O2. The Morgan fingerprint density at radius 2 is 2.11 bits per heavy atom. The topological polar surface area (TPSA) is 55.3 Å². The van der Waals surface area contributed by atoms with Crippen LogP contribution in [0, 0.1) is 11.6 Å². The molecule has 27 heavy (non-hydrogen) atoms. The van der Waals surface area contributed by atoms with Crippen molar-refractivity contribution in [2.75, 3.05) is 13.1 Å². The van der Waals surface area contributed by atoms with Crippen molar-refractivity contribution in [3.8, 4) is 6.01 Å². The van der Waals surface area contributed by atoms with Crippen LogP contribution in [0.15, 0.2) is 36.7 Å². The first-order valence-corrected chi connectivity index (χ1v) is 8.94. The number of ether oxygens (including phenoxy) is 1. The third kappa shape index (κ3) is 5.09. The molecule has 3 rings (SSSR count). The third-order valence-electron chi connectivity index (χ3n) is 4.42. The summed E-state index contributed by atoms with van der Waals surface area (Å²) >= 11 is 0. The second-order valence-corrected chi connectivity index (χ2v) is 6.39. The summed E-state index contributed by atoms with van der Waals surface area (Å²) < 4.78 is 32.6. The summed E-state index contributed by atoms with van der Waals surface area (Å²) in [5, 5.41) is 0. The Bertz CT molecular complexity index is 824. The Kier molecular flexibility index (Phi) is 6.11. The molecule has 1 atom stereocenters. The summed E-state index contributed by atoms with van der Waals surface area (Å²) in [5.41, 5.74) is 1.06. The number of nitrogens with zero attached hydrogens (tertiary/aromatic N) is 3. The van der Waals surface area contributed by atoms with Crippen molar-refractivity contribution in [2.24, 2.45) is 0 Å². The summed E-state index contributed by atoms with van der Waals surface area (Å²) in [6, 6.07) is 3.42. The van der Waals surface area contributed by atoms with E-state index >= 15 is 0 Å². The van der Waals surface area contributed by atoms with Gasteiger partial charge in [-0.25, -0.2) is 18.7 Å². The van der Waals surface area contributed by atoms with Gasteiger partial charge in [0.15, 0.2) is 0 Å². The predicted molar refractivity (Wildman–Crippen MR) is 97.0 cm³/mol. The van der Waals surface area contributed by atoms with E-state index in [4.69, 9.17) is 4.74 Å². The number of carbonyl (C=O) groups excluding carboxylic acids is 1. The minimum absolute atomic E-state index is 0.0394. The van der Waals surface area contributed by atoms with Gasteiger partial charge < -0.3 is 9.64 Å². The zero-order valence-electron chi connectivity index (χ0n) is 15.1. The van der Waals surface area contributed by atoms with Crippen molar-refractivity contribution < 1.29 is 18.3 Å². The molecule has 0 radical (unpaired) electrons. The van der Waals surface area contributed by atoms with Crippen LogP contribution in [-0.4, -0.2) is 40.0 Å². The van der Waals surface area contributed by atoms with Crippen molar-refractivity contribution in [1.82, 2.24) is 14.9 Å². The van der Waals surface area contributed by atoms with Gasteiger partial charge in [-0.2, -0.15) is 0 Å². The number of hydrogen-bond donors (Lipinski definition) is 0. The molecule has 1 aliphatic rings. The van der Waals surface area contributed by atoms with E-state index in [-0.39, 0.29) is 17.6 Å². The van der Waals surface area contributed by atoms with E-state index in [0.717, 1.165) is 43.0 Å². The molecule has 1 fully saturated rings. The number of piperidine rings is 1. The van der Waals surface area contributed by atoms with E-state index < -0.39 is 11.6 Å². The lowest BCUT2D eigenvalue weighted by Gasteiger charge is -2.31. The maximum Gasteiger partial charge on any atom is 0.316 e. The van der Waals surface area contributed by atoms with E-state index in [1.807, 2.05) is 6.92 Å². The molecule has 1 saturated heterocycles. The molecule has 2 aromatic rings. The zero-order valence-corrected chi connectivity index (χ0v) is 15.1. The van der Waals surface area contributed by atoms with Crippen LogP contribution < -0.4 is 4.74 Å². The highest BCUT2D eigenvalue weighted by Crippen LogP contribution is 2.17. The summed E-state index contributed by atoms with van der Waals surface area (Å²) in [7, 11) is 0. The van der Waals surface area contributed by atoms with Crippen LogP contribution >= 0.6 is 0 Å². The Labute approximate surface area is 156 Å². The Balaban J connectivity index is 1.60. The van der Waals surface area contributed by atoms with Crippen LogP contribution in [0.2, 0.25) is 0 Å². The van der Waals surface area contributed by atoms with E-state index in [9.17, 15) is 13.6 Å². The van der Waals surface area contributed by atoms with Crippen molar-refractivity contribution in [3.05, 3.63) is 59.4 Å². The molecular weight excluding hydrogens is 352 g/mol. The number of likely N-dealkylation sites (tertiary alicyclic amines) is 1. The molecule has 0 spiro atoms. The molecule has 2 heterocycles. The van der Waals surface area contributed by atoms with Crippen LogP contribution in [0.5, 0.6) is 6.01 Å². The fourth-order valence-electron chi connectivity index (χ4n) is 2.88. The number of benzene rings is 1. The number of rotatable bonds is 5. The number of hydrogen-bond acceptors (Lipinski definition) is 4. The van der Waals surface area contributed by atoms with Gasteiger partial charge in [-0.3, -0.25) is 4.79 Å². The van der Waals surface area contributed by atoms with Crippen LogP contribution in [0.4, 0.5) is 8.78 Å². The summed E-state index contributed by atoms with van der Waals surface area (Å²) in [4.78, 5) is 22.4. The Morgan fingerprint density at radius 3 is 2.85 bits per heavy atom. The zero-order chi connectivity index (χ0) is 19.2. The Hall–Kier alpha value is -2.83. The molecule has 1 aromatic carbocycles. The first-order valence-electron chi connectivity index (χ1n) is 8.94. The summed E-state index contributed by atoms with van der Waals surface area (Å²) in [6.45, 7) is 3.01. The first kappa shape index (κ1) is 18.9. The molecule has 0 bridgehead atoms. The van der Waals surface area contributed by atoms with Crippen molar-refractivity contribution in [2.45, 2.75) is 32.3 Å². The van der Waals surface area contributed by atoms with Crippen molar-refractivity contribution >= 4 is 12.0 Å². The fraction of sp³-hybridized carbons (Fsp3) is 0.350. The molecule has 0 saturated carbocycles. The van der Waals surface area contributed by atoms with Crippen LogP contribution in [0.25, 0.3) is 6.08 Å². The molecule has 5 nitrogen and oxygen atoms in total. The highest BCUT2D eigenvalue weighted by Gasteiger charge is 2.24. The van der Waals surface area contributed by atoms with Gasteiger partial charge in [0.2, 0.25) is 5.91 Å². The van der Waals surface area contributed by atoms with Crippen LogP contribution in [-0.2, 0) is 11.2 Å². The summed E-state index contributed by atoms with van der Waals surface area (Å²) in [5.74, 6) is -1.40. The number of halogens is 2. The molecule has 1 aromatic heterocycles. The lowest BCUT2D eigenvalue weighted by atomic mass is 10.1. The molecule has 7 heteroatoms. The highest BCUT2D eigenvalue weighted by molar-refractivity contribution is 5.91. The molecule has 142 valence electrons. The lowest BCUT2D eigenvalue weighted by Crippen LogP contribution is -2.43. The maximum atomic E-state index is 13.6. The number of aromatic nitrogens is 2. The van der Waals surface area contributed by atoms with E-state index in [2.05, 4.69) is 9.97 Å². The van der Waals surface area contributed by atoms with Gasteiger partial charge in [0.25, 0.3) is 0 Å². The standard InChI is InChI=1S/C20H21F2N3O2/c1-2-14-11-23-20(24-12-14)27-17-4-3-9-25(13-17)19(26)8-5-15-10-16(21)6-7-18(15)22/h5-8,10-12,17H,2-4,9,13H2,1H3/b8-5+. The first-order chi connectivity index (χ1) is 13.0. The average molecular weight is 373 g/mol. The van der Waals surface area contributed by atoms with Gasteiger partial charge >= 0.3 is 6.01 Å². The quantitative estimate of drug-likeness (QED) is 0.754. The maximum absolute atomic E-state index is 13.6. The normalized spacial score (nSPS) is 17.3. The lowest BCUT2D eigenvalue weighted by molar-refractivity contribution is -0.128. The number of carbonyl (C=O) groups is 1. The van der Waals surface area contributed by atoms with E-state index in [0.29, 0.717) is 19.1 Å². The van der Waals surface area contributed by atoms with Gasteiger partial charge in [0.1, 0.15) is 17.7 Å². The smallest absolute Gasteiger partial charge is 0.316 e. The minimum Gasteiger partial charge on any atom is -0.458 e. The molecule has 1 aliphatic heterocycles. The van der Waals surface area contributed by atoms with E-state index in [1.54, 1.807) is 17.3 Å². The van der Waals surface area contributed by atoms with Crippen LogP contribution in [0.1, 0.15) is 30.9 Å². The predicted octanol–water partition coefficient (Wildman–Crippen LogP) is 3.40. The average Bonchev–Trinajstić information content (AvgIpc) is 2.69.